The summed E-state index contributed by atoms with van der Waals surface area (Å²) in [6, 6.07) is 5.91. The fraction of sp³-hybridized carbons (Fsp3) is 0.562. The normalized spacial score (nSPS) is 15.0. The Morgan fingerprint density at radius 1 is 1.29 bits per heavy atom. The number of rotatable bonds is 7. The van der Waals surface area contributed by atoms with Gasteiger partial charge in [-0.15, -0.1) is 0 Å². The van der Waals surface area contributed by atoms with E-state index >= 15 is 0 Å². The van der Waals surface area contributed by atoms with Crippen LogP contribution in [-0.4, -0.2) is 44.2 Å². The maximum absolute atomic E-state index is 11.4. The summed E-state index contributed by atoms with van der Waals surface area (Å²) in [5, 5.41) is 2.70. The molecule has 0 aliphatic carbocycles. The van der Waals surface area contributed by atoms with Crippen molar-refractivity contribution >= 4 is 5.91 Å². The van der Waals surface area contributed by atoms with Crippen LogP contribution in [0.1, 0.15) is 25.3 Å². The molecule has 1 aliphatic rings. The van der Waals surface area contributed by atoms with Crippen molar-refractivity contribution in [3.8, 4) is 11.5 Å². The number of hydrogen-bond donors (Lipinski definition) is 1. The summed E-state index contributed by atoms with van der Waals surface area (Å²) in [6.45, 7) is 5.76. The highest BCUT2D eigenvalue weighted by Gasteiger charge is 2.13. The van der Waals surface area contributed by atoms with Gasteiger partial charge in [-0.1, -0.05) is 6.07 Å². The van der Waals surface area contributed by atoms with E-state index in [0.29, 0.717) is 18.0 Å². The average molecular weight is 292 g/mol. The van der Waals surface area contributed by atoms with Crippen molar-refractivity contribution in [3.63, 3.8) is 0 Å². The summed E-state index contributed by atoms with van der Waals surface area (Å²) in [5.41, 5.74) is 1.21. The van der Waals surface area contributed by atoms with Gasteiger partial charge in [-0.05, 0) is 50.6 Å². The molecular formula is C16H24N2O3. The van der Waals surface area contributed by atoms with E-state index in [1.54, 1.807) is 7.11 Å². The van der Waals surface area contributed by atoms with Crippen LogP contribution in [0.3, 0.4) is 0 Å². The van der Waals surface area contributed by atoms with E-state index in [9.17, 15) is 4.79 Å². The molecule has 0 unspecified atom stereocenters. The fourth-order valence-corrected chi connectivity index (χ4v) is 2.52. The predicted octanol–water partition coefficient (Wildman–Crippen LogP) is 1.81. The molecule has 0 spiro atoms. The number of hydrogen-bond acceptors (Lipinski definition) is 4. The molecule has 0 radical (unpaired) electrons. The van der Waals surface area contributed by atoms with Crippen LogP contribution < -0.4 is 14.8 Å². The monoisotopic (exact) mass is 292 g/mol. The van der Waals surface area contributed by atoms with E-state index in [4.69, 9.17) is 9.47 Å². The number of benzene rings is 1. The second kappa shape index (κ2) is 7.88. The lowest BCUT2D eigenvalue weighted by atomic mass is 10.2. The van der Waals surface area contributed by atoms with Gasteiger partial charge >= 0.3 is 0 Å². The summed E-state index contributed by atoms with van der Waals surface area (Å²) in [7, 11) is 1.62. The predicted molar refractivity (Wildman–Crippen MR) is 81.7 cm³/mol. The first kappa shape index (κ1) is 15.6. The van der Waals surface area contributed by atoms with E-state index in [1.165, 1.54) is 18.4 Å². The van der Waals surface area contributed by atoms with Gasteiger partial charge in [0, 0.05) is 13.1 Å². The Morgan fingerprint density at radius 3 is 2.71 bits per heavy atom. The van der Waals surface area contributed by atoms with Crippen LogP contribution in [0.15, 0.2) is 18.2 Å². The quantitative estimate of drug-likeness (QED) is 0.832. The number of likely N-dealkylation sites (tertiary alicyclic amines) is 1. The van der Waals surface area contributed by atoms with Gasteiger partial charge in [-0.3, -0.25) is 9.69 Å². The minimum Gasteiger partial charge on any atom is -0.493 e. The number of amides is 1. The van der Waals surface area contributed by atoms with Crippen LogP contribution in [0.5, 0.6) is 11.5 Å². The van der Waals surface area contributed by atoms with Gasteiger partial charge in [0.05, 0.1) is 7.11 Å². The number of likely N-dealkylation sites (N-methyl/N-ethyl adjacent to an activating group) is 1. The molecule has 0 aromatic heterocycles. The zero-order chi connectivity index (χ0) is 15.1. The van der Waals surface area contributed by atoms with Gasteiger partial charge in [0.25, 0.3) is 5.91 Å². The molecule has 116 valence electrons. The molecule has 2 rings (SSSR count). The molecule has 21 heavy (non-hydrogen) atoms. The van der Waals surface area contributed by atoms with Gasteiger partial charge in [0.15, 0.2) is 18.1 Å². The average Bonchev–Trinajstić information content (AvgIpc) is 2.99. The second-order valence-corrected chi connectivity index (χ2v) is 5.21. The van der Waals surface area contributed by atoms with Crippen molar-refractivity contribution in [2.24, 2.45) is 0 Å². The molecule has 0 saturated carbocycles. The first-order valence-corrected chi connectivity index (χ1v) is 7.51. The Morgan fingerprint density at radius 2 is 2.05 bits per heavy atom. The number of ether oxygens (including phenoxy) is 2. The first-order valence-electron chi connectivity index (χ1n) is 7.51. The standard InChI is InChI=1S/C16H24N2O3/c1-3-17-16(19)12-21-14-7-6-13(10-15(14)20-2)11-18-8-4-5-9-18/h6-7,10H,3-5,8-9,11-12H2,1-2H3,(H,17,19). The van der Waals surface area contributed by atoms with E-state index in [2.05, 4.69) is 10.2 Å². The van der Waals surface area contributed by atoms with Crippen LogP contribution in [0.4, 0.5) is 0 Å². The Balaban J connectivity index is 1.96. The molecule has 5 nitrogen and oxygen atoms in total. The highest BCUT2D eigenvalue weighted by Crippen LogP contribution is 2.29. The second-order valence-electron chi connectivity index (χ2n) is 5.21. The van der Waals surface area contributed by atoms with Crippen molar-refractivity contribution in [1.29, 1.82) is 0 Å². The lowest BCUT2D eigenvalue weighted by Crippen LogP contribution is -2.28. The van der Waals surface area contributed by atoms with E-state index < -0.39 is 0 Å². The Labute approximate surface area is 126 Å². The molecule has 1 aliphatic heterocycles. The highest BCUT2D eigenvalue weighted by atomic mass is 16.5. The molecule has 0 atom stereocenters. The zero-order valence-electron chi connectivity index (χ0n) is 12.9. The molecule has 1 fully saturated rings. The lowest BCUT2D eigenvalue weighted by molar-refractivity contribution is -0.123. The van der Waals surface area contributed by atoms with Crippen molar-refractivity contribution in [1.82, 2.24) is 10.2 Å². The summed E-state index contributed by atoms with van der Waals surface area (Å²) in [4.78, 5) is 13.9. The third-order valence-corrected chi connectivity index (χ3v) is 3.57. The SMILES string of the molecule is CCNC(=O)COc1ccc(CN2CCCC2)cc1OC. The zero-order valence-corrected chi connectivity index (χ0v) is 12.9. The summed E-state index contributed by atoms with van der Waals surface area (Å²) in [5.74, 6) is 1.16. The van der Waals surface area contributed by atoms with Crippen molar-refractivity contribution in [3.05, 3.63) is 23.8 Å². The van der Waals surface area contributed by atoms with Crippen LogP contribution in [0.25, 0.3) is 0 Å². The minimum atomic E-state index is -0.124. The molecule has 1 N–H and O–H groups in total. The number of methoxy groups -OCH3 is 1. The fourth-order valence-electron chi connectivity index (χ4n) is 2.52. The first-order chi connectivity index (χ1) is 10.2. The smallest absolute Gasteiger partial charge is 0.257 e. The largest absolute Gasteiger partial charge is 0.493 e. The third-order valence-electron chi connectivity index (χ3n) is 3.57. The van der Waals surface area contributed by atoms with Gasteiger partial charge in [0.2, 0.25) is 0 Å². The van der Waals surface area contributed by atoms with E-state index in [1.807, 2.05) is 25.1 Å². The Bertz CT molecular complexity index is 471. The number of carbonyl (C=O) groups is 1. The topological polar surface area (TPSA) is 50.8 Å². The maximum Gasteiger partial charge on any atom is 0.257 e. The molecule has 1 aromatic rings. The van der Waals surface area contributed by atoms with Crippen molar-refractivity contribution in [2.75, 3.05) is 33.4 Å². The Hall–Kier alpha value is -1.75. The molecule has 1 aromatic carbocycles. The third kappa shape index (κ3) is 4.63. The number of nitrogens with one attached hydrogen (secondary N) is 1. The van der Waals surface area contributed by atoms with Crippen LogP contribution in [-0.2, 0) is 11.3 Å². The molecule has 1 saturated heterocycles. The number of carbonyl (C=O) groups excluding carboxylic acids is 1. The van der Waals surface area contributed by atoms with E-state index in [-0.39, 0.29) is 12.5 Å². The van der Waals surface area contributed by atoms with Gasteiger partial charge in [-0.25, -0.2) is 0 Å². The molecular weight excluding hydrogens is 268 g/mol. The molecule has 1 heterocycles. The van der Waals surface area contributed by atoms with Gasteiger partial charge < -0.3 is 14.8 Å². The van der Waals surface area contributed by atoms with Crippen LogP contribution in [0, 0.1) is 0 Å². The van der Waals surface area contributed by atoms with Crippen LogP contribution >= 0.6 is 0 Å². The molecule has 0 bridgehead atoms. The van der Waals surface area contributed by atoms with Gasteiger partial charge in [0.1, 0.15) is 0 Å². The number of nitrogens with zero attached hydrogens (tertiary/aromatic N) is 1. The van der Waals surface area contributed by atoms with Crippen molar-refractivity contribution < 1.29 is 14.3 Å². The Kier molecular flexibility index (Phi) is 5.87. The summed E-state index contributed by atoms with van der Waals surface area (Å²) >= 11 is 0. The molecule has 1 amide bonds. The summed E-state index contributed by atoms with van der Waals surface area (Å²) < 4.78 is 10.9. The summed E-state index contributed by atoms with van der Waals surface area (Å²) in [6.07, 6.45) is 2.57. The minimum absolute atomic E-state index is 0.00959. The molecule has 5 heteroatoms. The highest BCUT2D eigenvalue weighted by molar-refractivity contribution is 5.77. The van der Waals surface area contributed by atoms with E-state index in [0.717, 1.165) is 19.6 Å². The van der Waals surface area contributed by atoms with Gasteiger partial charge in [-0.2, -0.15) is 0 Å². The lowest BCUT2D eigenvalue weighted by Gasteiger charge is -2.16. The maximum atomic E-state index is 11.4. The van der Waals surface area contributed by atoms with Crippen LogP contribution in [0.2, 0.25) is 0 Å². The van der Waals surface area contributed by atoms with Crippen molar-refractivity contribution in [2.45, 2.75) is 26.3 Å².